The number of nitrogens with zero attached hydrogens (tertiary/aromatic N) is 2. The quantitative estimate of drug-likeness (QED) is 0.472. The van der Waals surface area contributed by atoms with Gasteiger partial charge in [0.05, 0.1) is 23.9 Å². The van der Waals surface area contributed by atoms with Crippen molar-refractivity contribution in [3.63, 3.8) is 0 Å². The SMILES string of the molecule is O=C1C=C2C=C[C@@H]3C[C@@]2(O1)C1=C([C@H]2C4=C(C(=O)CCO4)[C@@]45[C@@H]2CCCN4[C@@H]2C=CC4=CC(=O)O[C@@]45C2)CCCN13. The largest absolute Gasteiger partial charge is 0.496 e. The molecule has 10 rings (SSSR count). The van der Waals surface area contributed by atoms with Gasteiger partial charge in [-0.2, -0.15) is 0 Å². The van der Waals surface area contributed by atoms with E-state index in [1.54, 1.807) is 12.2 Å². The Labute approximate surface area is 231 Å². The highest BCUT2D eigenvalue weighted by molar-refractivity contribution is 6.02. The fourth-order valence-electron chi connectivity index (χ4n) is 10.8. The van der Waals surface area contributed by atoms with Gasteiger partial charge >= 0.3 is 11.9 Å². The van der Waals surface area contributed by atoms with Crippen LogP contribution in [0.15, 0.2) is 70.2 Å². The molecule has 7 heterocycles. The minimum Gasteiger partial charge on any atom is -0.496 e. The van der Waals surface area contributed by atoms with Gasteiger partial charge in [-0.15, -0.1) is 0 Å². The summed E-state index contributed by atoms with van der Waals surface area (Å²) in [6, 6.07) is 0.292. The highest BCUT2D eigenvalue weighted by atomic mass is 16.6. The first-order chi connectivity index (χ1) is 19.5. The van der Waals surface area contributed by atoms with Crippen LogP contribution < -0.4 is 0 Å². The van der Waals surface area contributed by atoms with Crippen LogP contribution in [0.5, 0.6) is 0 Å². The molecule has 7 aliphatic heterocycles. The summed E-state index contributed by atoms with van der Waals surface area (Å²) in [6.07, 6.45) is 17.4. The van der Waals surface area contributed by atoms with Gasteiger partial charge in [-0.3, -0.25) is 9.69 Å². The Balaban J connectivity index is 1.25. The third-order valence-electron chi connectivity index (χ3n) is 11.7. The van der Waals surface area contributed by atoms with Crippen molar-refractivity contribution in [2.75, 3.05) is 19.7 Å². The molecular weight excluding hydrogens is 508 g/mol. The molecule has 0 amide bonds. The van der Waals surface area contributed by atoms with Gasteiger partial charge in [0.2, 0.25) is 0 Å². The molecule has 7 atom stereocenters. The number of carbonyl (C=O) groups excluding carboxylic acids is 3. The van der Waals surface area contributed by atoms with Crippen LogP contribution in [0.1, 0.15) is 44.9 Å². The Bertz CT molecular complexity index is 1560. The lowest BCUT2D eigenvalue weighted by Gasteiger charge is -2.53. The number of ketones is 1. The molecule has 8 nitrogen and oxygen atoms in total. The molecular formula is C32H30N2O6. The van der Waals surface area contributed by atoms with Gasteiger partial charge in [-0.1, -0.05) is 24.3 Å². The standard InChI is InChI=1S/C32H30N2O6/c35-23-9-12-38-28-26(21-3-1-10-33-19-7-5-17-13-24(36)39-30(17,15-19)29(21)33)22-4-2-11-34-20-8-6-18-14-25(37)40-31(18,16-20)32(22,34)27(23)28/h5-8,13-14,19-20,22,26H,1-4,9-12,15-16H2/t19-,20-,22-,26-,30+,31+,32-/m1/s1. The molecule has 0 radical (unpaired) electrons. The van der Waals surface area contributed by atoms with E-state index in [4.69, 9.17) is 14.2 Å². The van der Waals surface area contributed by atoms with Crippen LogP contribution >= 0.6 is 0 Å². The van der Waals surface area contributed by atoms with Crippen molar-refractivity contribution in [2.45, 2.75) is 73.8 Å². The maximum atomic E-state index is 14.1. The van der Waals surface area contributed by atoms with E-state index in [9.17, 15) is 14.4 Å². The van der Waals surface area contributed by atoms with Gasteiger partial charge in [-0.25, -0.2) is 9.59 Å². The summed E-state index contributed by atoms with van der Waals surface area (Å²) in [5.74, 6) is 0.220. The van der Waals surface area contributed by atoms with Crippen molar-refractivity contribution < 1.29 is 28.6 Å². The van der Waals surface area contributed by atoms with Crippen molar-refractivity contribution >= 4 is 17.7 Å². The van der Waals surface area contributed by atoms with Crippen LogP contribution in [-0.2, 0) is 28.6 Å². The molecule has 10 aliphatic rings. The lowest BCUT2D eigenvalue weighted by Crippen LogP contribution is -2.66. The van der Waals surface area contributed by atoms with Crippen LogP contribution in [0.3, 0.4) is 0 Å². The number of carbonyl (C=O) groups is 3. The smallest absolute Gasteiger partial charge is 0.332 e. The molecule has 0 N–H and O–H groups in total. The molecule has 0 aromatic heterocycles. The number of Topliss-reactive ketones (excluding diaryl/α,β-unsaturated/α-hetero) is 1. The number of hydrogen-bond donors (Lipinski definition) is 0. The second-order valence-corrected chi connectivity index (χ2v) is 13.1. The summed E-state index contributed by atoms with van der Waals surface area (Å²) in [6.45, 7) is 2.14. The second-order valence-electron chi connectivity index (χ2n) is 13.1. The first kappa shape index (κ1) is 22.3. The third kappa shape index (κ3) is 2.19. The number of hydrogen-bond acceptors (Lipinski definition) is 8. The lowest BCUT2D eigenvalue weighted by atomic mass is 9.60. The molecule has 3 aliphatic carbocycles. The van der Waals surface area contributed by atoms with E-state index in [1.807, 2.05) is 0 Å². The Kier molecular flexibility index (Phi) is 3.85. The molecule has 0 unspecified atom stereocenters. The fourth-order valence-corrected chi connectivity index (χ4v) is 10.8. The van der Waals surface area contributed by atoms with Gasteiger partial charge in [0.25, 0.3) is 0 Å². The molecule has 8 heteroatoms. The van der Waals surface area contributed by atoms with E-state index in [0.717, 1.165) is 73.4 Å². The summed E-state index contributed by atoms with van der Waals surface area (Å²) >= 11 is 0. The minimum atomic E-state index is -0.879. The van der Waals surface area contributed by atoms with E-state index >= 15 is 0 Å². The zero-order valence-corrected chi connectivity index (χ0v) is 22.2. The third-order valence-corrected chi connectivity index (χ3v) is 11.7. The molecule has 4 bridgehead atoms. The van der Waals surface area contributed by atoms with Gasteiger partial charge in [0, 0.05) is 61.1 Å². The van der Waals surface area contributed by atoms with Crippen LogP contribution in [-0.4, -0.2) is 76.0 Å². The number of ether oxygens (including phenoxy) is 3. The number of fused-ring (bicyclic) bond motifs is 5. The van der Waals surface area contributed by atoms with E-state index in [2.05, 4.69) is 34.1 Å². The van der Waals surface area contributed by atoms with Crippen molar-refractivity contribution in [1.82, 2.24) is 9.80 Å². The van der Waals surface area contributed by atoms with E-state index in [-0.39, 0.29) is 41.6 Å². The Morgan fingerprint density at radius 1 is 0.875 bits per heavy atom. The van der Waals surface area contributed by atoms with Crippen LogP contribution in [0.25, 0.3) is 0 Å². The average Bonchev–Trinajstić information content (AvgIpc) is 3.68. The topological polar surface area (TPSA) is 85.4 Å². The molecule has 204 valence electrons. The van der Waals surface area contributed by atoms with Crippen molar-refractivity contribution in [3.8, 4) is 0 Å². The summed E-state index contributed by atoms with van der Waals surface area (Å²) in [4.78, 5) is 44.7. The number of esters is 2. The maximum absolute atomic E-state index is 14.1. The molecule has 3 fully saturated rings. The monoisotopic (exact) mass is 538 g/mol. The molecule has 0 aromatic carbocycles. The molecule has 3 saturated heterocycles. The second kappa shape index (κ2) is 6.90. The first-order valence-corrected chi connectivity index (χ1v) is 14.9. The van der Waals surface area contributed by atoms with E-state index in [1.165, 1.54) is 5.57 Å². The van der Waals surface area contributed by atoms with Crippen molar-refractivity contribution in [3.05, 3.63) is 70.2 Å². The van der Waals surface area contributed by atoms with Gasteiger partial charge in [-0.05, 0) is 43.7 Å². The zero-order valence-electron chi connectivity index (χ0n) is 22.2. The van der Waals surface area contributed by atoms with Gasteiger partial charge < -0.3 is 19.1 Å². The van der Waals surface area contributed by atoms with Crippen LogP contribution in [0.2, 0.25) is 0 Å². The summed E-state index contributed by atoms with van der Waals surface area (Å²) in [5.41, 5.74) is 2.57. The Hall–Kier alpha value is -3.39. The average molecular weight is 539 g/mol. The highest BCUT2D eigenvalue weighted by Crippen LogP contribution is 2.70. The molecule has 3 spiro atoms. The molecule has 0 saturated carbocycles. The van der Waals surface area contributed by atoms with E-state index in [0.29, 0.717) is 19.4 Å². The van der Waals surface area contributed by atoms with Gasteiger partial charge in [0.15, 0.2) is 17.0 Å². The fraction of sp³-hybridized carbons (Fsp3) is 0.531. The maximum Gasteiger partial charge on any atom is 0.332 e. The number of piperidine rings is 1. The van der Waals surface area contributed by atoms with E-state index < -0.39 is 16.7 Å². The predicted molar refractivity (Wildman–Crippen MR) is 140 cm³/mol. The summed E-state index contributed by atoms with van der Waals surface area (Å²) < 4.78 is 19.2. The Morgan fingerprint density at radius 3 is 2.62 bits per heavy atom. The number of allylic oxidation sites excluding steroid dienone is 1. The first-order valence-electron chi connectivity index (χ1n) is 14.9. The highest BCUT2D eigenvalue weighted by Gasteiger charge is 2.79. The molecule has 0 aromatic rings. The zero-order chi connectivity index (χ0) is 26.6. The van der Waals surface area contributed by atoms with Crippen molar-refractivity contribution in [1.29, 1.82) is 0 Å². The van der Waals surface area contributed by atoms with Crippen LogP contribution in [0, 0.1) is 11.8 Å². The van der Waals surface area contributed by atoms with Gasteiger partial charge in [0.1, 0.15) is 11.3 Å². The Morgan fingerprint density at radius 2 is 1.70 bits per heavy atom. The summed E-state index contributed by atoms with van der Waals surface area (Å²) in [5, 5.41) is 0. The summed E-state index contributed by atoms with van der Waals surface area (Å²) in [7, 11) is 0. The minimum absolute atomic E-state index is 0.0179. The predicted octanol–water partition coefficient (Wildman–Crippen LogP) is 2.79. The van der Waals surface area contributed by atoms with Crippen molar-refractivity contribution in [2.24, 2.45) is 11.8 Å². The number of rotatable bonds is 1. The molecule has 40 heavy (non-hydrogen) atoms. The normalized spacial score (nSPS) is 45.3. The van der Waals surface area contributed by atoms with Crippen LogP contribution in [0.4, 0.5) is 0 Å². The lowest BCUT2D eigenvalue weighted by molar-refractivity contribution is -0.157.